The molecule has 0 rings (SSSR count). The molecule has 0 heterocycles. The van der Waals surface area contributed by atoms with E-state index in [-0.39, 0.29) is 24.6 Å². The van der Waals surface area contributed by atoms with Gasteiger partial charge in [0.2, 0.25) is 0 Å². The molecule has 0 aliphatic heterocycles. The fraction of sp³-hybridized carbons (Fsp3) is 0.933. The SMILES string of the molecule is CC(CC(=O)OCCOCCOCCO)CC(C)(C)C. The first kappa shape index (κ1) is 19.4. The summed E-state index contributed by atoms with van der Waals surface area (Å²) >= 11 is 0. The molecule has 0 radical (unpaired) electrons. The van der Waals surface area contributed by atoms with Gasteiger partial charge >= 0.3 is 5.97 Å². The van der Waals surface area contributed by atoms with E-state index in [4.69, 9.17) is 19.3 Å². The Labute approximate surface area is 122 Å². The van der Waals surface area contributed by atoms with Crippen molar-refractivity contribution in [3.8, 4) is 0 Å². The molecule has 0 aromatic heterocycles. The molecule has 5 heteroatoms. The van der Waals surface area contributed by atoms with Crippen LogP contribution in [-0.2, 0) is 19.0 Å². The van der Waals surface area contributed by atoms with Gasteiger partial charge < -0.3 is 19.3 Å². The molecule has 0 amide bonds. The minimum Gasteiger partial charge on any atom is -0.463 e. The molecule has 0 saturated heterocycles. The summed E-state index contributed by atoms with van der Waals surface area (Å²) in [6, 6.07) is 0. The molecule has 1 N–H and O–H groups in total. The zero-order valence-electron chi connectivity index (χ0n) is 13.3. The number of hydrogen-bond acceptors (Lipinski definition) is 5. The number of esters is 1. The van der Waals surface area contributed by atoms with Gasteiger partial charge in [0.15, 0.2) is 0 Å². The molecule has 20 heavy (non-hydrogen) atoms. The van der Waals surface area contributed by atoms with Gasteiger partial charge in [-0.15, -0.1) is 0 Å². The quantitative estimate of drug-likeness (QED) is 0.466. The number of rotatable bonds is 11. The van der Waals surface area contributed by atoms with Crippen LogP contribution in [0.2, 0.25) is 0 Å². The fourth-order valence-electron chi connectivity index (χ4n) is 2.06. The Kier molecular flexibility index (Phi) is 10.7. The zero-order valence-corrected chi connectivity index (χ0v) is 13.3. The van der Waals surface area contributed by atoms with Gasteiger partial charge in [-0.2, -0.15) is 0 Å². The normalized spacial score (nSPS) is 13.2. The van der Waals surface area contributed by atoms with Crippen molar-refractivity contribution in [3.63, 3.8) is 0 Å². The summed E-state index contributed by atoms with van der Waals surface area (Å²) in [4.78, 5) is 11.6. The molecule has 0 spiro atoms. The molecular formula is C15H30O5. The second-order valence-electron chi connectivity index (χ2n) is 6.24. The van der Waals surface area contributed by atoms with E-state index in [0.717, 1.165) is 6.42 Å². The number of ether oxygens (including phenoxy) is 3. The minimum atomic E-state index is -0.165. The fourth-order valence-corrected chi connectivity index (χ4v) is 2.06. The van der Waals surface area contributed by atoms with Crippen LogP contribution in [-0.4, -0.2) is 50.7 Å². The van der Waals surface area contributed by atoms with E-state index in [1.807, 2.05) is 0 Å². The van der Waals surface area contributed by atoms with Gasteiger partial charge in [-0.1, -0.05) is 27.7 Å². The predicted molar refractivity (Wildman–Crippen MR) is 77.5 cm³/mol. The molecule has 120 valence electrons. The van der Waals surface area contributed by atoms with Crippen LogP contribution >= 0.6 is 0 Å². The first-order valence-corrected chi connectivity index (χ1v) is 7.27. The summed E-state index contributed by atoms with van der Waals surface area (Å²) in [6.45, 7) is 10.5. The van der Waals surface area contributed by atoms with Crippen LogP contribution < -0.4 is 0 Å². The van der Waals surface area contributed by atoms with E-state index in [9.17, 15) is 4.79 Å². The lowest BCUT2D eigenvalue weighted by atomic mass is 9.84. The Bertz CT molecular complexity index is 247. The average Bonchev–Trinajstić information content (AvgIpc) is 2.30. The van der Waals surface area contributed by atoms with Gasteiger partial charge in [-0.05, 0) is 17.8 Å². The predicted octanol–water partition coefficient (Wildman–Crippen LogP) is 2.02. The van der Waals surface area contributed by atoms with E-state index in [1.54, 1.807) is 0 Å². The van der Waals surface area contributed by atoms with Crippen LogP contribution in [0.5, 0.6) is 0 Å². The molecule has 0 aromatic carbocycles. The number of carbonyl (C=O) groups is 1. The van der Waals surface area contributed by atoms with Crippen molar-refractivity contribution in [1.29, 1.82) is 0 Å². The summed E-state index contributed by atoms with van der Waals surface area (Å²) in [5.74, 6) is 0.164. The molecule has 0 saturated carbocycles. The van der Waals surface area contributed by atoms with Crippen molar-refractivity contribution in [2.75, 3.05) is 39.6 Å². The van der Waals surface area contributed by atoms with E-state index in [1.165, 1.54) is 0 Å². The second-order valence-corrected chi connectivity index (χ2v) is 6.24. The highest BCUT2D eigenvalue weighted by atomic mass is 16.6. The van der Waals surface area contributed by atoms with Gasteiger partial charge in [-0.3, -0.25) is 4.79 Å². The van der Waals surface area contributed by atoms with Crippen molar-refractivity contribution in [1.82, 2.24) is 0 Å². The van der Waals surface area contributed by atoms with Crippen LogP contribution in [0.25, 0.3) is 0 Å². The third-order valence-electron chi connectivity index (χ3n) is 2.57. The van der Waals surface area contributed by atoms with Crippen LogP contribution in [0.15, 0.2) is 0 Å². The van der Waals surface area contributed by atoms with Crippen molar-refractivity contribution >= 4 is 5.97 Å². The Balaban J connectivity index is 3.45. The van der Waals surface area contributed by atoms with E-state index in [0.29, 0.717) is 38.8 Å². The van der Waals surface area contributed by atoms with Gasteiger partial charge in [-0.25, -0.2) is 0 Å². The molecule has 5 nitrogen and oxygen atoms in total. The first-order valence-electron chi connectivity index (χ1n) is 7.27. The zero-order chi connectivity index (χ0) is 15.4. The summed E-state index contributed by atoms with van der Waals surface area (Å²) in [6.07, 6.45) is 1.46. The molecule has 1 unspecified atom stereocenters. The molecule has 1 atom stereocenters. The van der Waals surface area contributed by atoms with Crippen LogP contribution in [0.1, 0.15) is 40.5 Å². The molecule has 0 fully saturated rings. The maximum absolute atomic E-state index is 11.6. The third kappa shape index (κ3) is 13.8. The van der Waals surface area contributed by atoms with Gasteiger partial charge in [0.25, 0.3) is 0 Å². The summed E-state index contributed by atoms with van der Waals surface area (Å²) in [7, 11) is 0. The maximum atomic E-state index is 11.6. The number of hydrogen-bond donors (Lipinski definition) is 1. The number of aliphatic hydroxyl groups excluding tert-OH is 1. The Hall–Kier alpha value is -0.650. The van der Waals surface area contributed by atoms with Crippen molar-refractivity contribution < 1.29 is 24.1 Å². The molecule has 0 bridgehead atoms. The minimum absolute atomic E-state index is 0.0182. The Morgan fingerprint density at radius 3 is 2.15 bits per heavy atom. The van der Waals surface area contributed by atoms with E-state index < -0.39 is 0 Å². The molecular weight excluding hydrogens is 260 g/mol. The Morgan fingerprint density at radius 1 is 1.05 bits per heavy atom. The first-order chi connectivity index (χ1) is 9.35. The number of carbonyl (C=O) groups excluding carboxylic acids is 1. The lowest BCUT2D eigenvalue weighted by molar-refractivity contribution is -0.146. The standard InChI is InChI=1S/C15H30O5/c1-13(12-15(2,3)4)11-14(17)20-10-9-19-8-7-18-6-5-16/h13,16H,5-12H2,1-4H3. The highest BCUT2D eigenvalue weighted by molar-refractivity contribution is 5.69. The lowest BCUT2D eigenvalue weighted by Gasteiger charge is -2.22. The topological polar surface area (TPSA) is 65.0 Å². The average molecular weight is 290 g/mol. The monoisotopic (exact) mass is 290 g/mol. The highest BCUT2D eigenvalue weighted by Gasteiger charge is 2.18. The van der Waals surface area contributed by atoms with Crippen LogP contribution in [0, 0.1) is 11.3 Å². The van der Waals surface area contributed by atoms with Crippen molar-refractivity contribution in [3.05, 3.63) is 0 Å². The number of aliphatic hydroxyl groups is 1. The lowest BCUT2D eigenvalue weighted by Crippen LogP contribution is -2.17. The van der Waals surface area contributed by atoms with Crippen molar-refractivity contribution in [2.24, 2.45) is 11.3 Å². The third-order valence-corrected chi connectivity index (χ3v) is 2.57. The molecule has 0 aromatic rings. The smallest absolute Gasteiger partial charge is 0.306 e. The van der Waals surface area contributed by atoms with E-state index >= 15 is 0 Å². The Morgan fingerprint density at radius 2 is 1.60 bits per heavy atom. The summed E-state index contributed by atoms with van der Waals surface area (Å²) in [5.41, 5.74) is 0.234. The molecule has 0 aliphatic rings. The van der Waals surface area contributed by atoms with Crippen LogP contribution in [0.4, 0.5) is 0 Å². The van der Waals surface area contributed by atoms with Crippen LogP contribution in [0.3, 0.4) is 0 Å². The van der Waals surface area contributed by atoms with Gasteiger partial charge in [0.05, 0.1) is 33.0 Å². The van der Waals surface area contributed by atoms with Gasteiger partial charge in [0, 0.05) is 6.42 Å². The second kappa shape index (κ2) is 11.1. The highest BCUT2D eigenvalue weighted by Crippen LogP contribution is 2.25. The summed E-state index contributed by atoms with van der Waals surface area (Å²) in [5, 5.41) is 8.49. The van der Waals surface area contributed by atoms with Crippen molar-refractivity contribution in [2.45, 2.75) is 40.5 Å². The summed E-state index contributed by atoms with van der Waals surface area (Å²) < 4.78 is 15.4. The van der Waals surface area contributed by atoms with E-state index in [2.05, 4.69) is 27.7 Å². The maximum Gasteiger partial charge on any atom is 0.306 e. The molecule has 0 aliphatic carbocycles. The largest absolute Gasteiger partial charge is 0.463 e. The van der Waals surface area contributed by atoms with Gasteiger partial charge in [0.1, 0.15) is 6.61 Å².